The van der Waals surface area contributed by atoms with Crippen molar-refractivity contribution in [3.05, 3.63) is 28.2 Å². The summed E-state index contributed by atoms with van der Waals surface area (Å²) in [4.78, 5) is 0. The fourth-order valence-corrected chi connectivity index (χ4v) is 2.76. The molecule has 0 aliphatic heterocycles. The molecule has 0 saturated carbocycles. The highest BCUT2D eigenvalue weighted by Gasteiger charge is 2.10. The van der Waals surface area contributed by atoms with Gasteiger partial charge in [-0.2, -0.15) is 11.8 Å². The highest BCUT2D eigenvalue weighted by Crippen LogP contribution is 2.24. The van der Waals surface area contributed by atoms with Crippen molar-refractivity contribution >= 4 is 27.7 Å². The number of benzene rings is 1. The Morgan fingerprint density at radius 1 is 1.47 bits per heavy atom. The Hall–Kier alpha value is -0.190. The first-order valence-electron chi connectivity index (χ1n) is 5.75. The number of halogens is 1. The molecule has 0 radical (unpaired) electrons. The van der Waals surface area contributed by atoms with Crippen LogP contribution < -0.4 is 4.74 Å². The van der Waals surface area contributed by atoms with E-state index in [9.17, 15) is 5.11 Å². The van der Waals surface area contributed by atoms with Crippen molar-refractivity contribution in [1.82, 2.24) is 0 Å². The summed E-state index contributed by atoms with van der Waals surface area (Å²) >= 11 is 5.30. The number of aliphatic hydroxyl groups excluding tert-OH is 1. The molecule has 0 bridgehead atoms. The van der Waals surface area contributed by atoms with Gasteiger partial charge in [0.25, 0.3) is 0 Å². The molecular weight excluding hydrogens is 300 g/mol. The Morgan fingerprint density at radius 3 is 2.88 bits per heavy atom. The highest BCUT2D eigenvalue weighted by molar-refractivity contribution is 9.10. The van der Waals surface area contributed by atoms with Crippen molar-refractivity contribution in [3.63, 3.8) is 0 Å². The summed E-state index contributed by atoms with van der Waals surface area (Å²) in [6.45, 7) is 2.13. The highest BCUT2D eigenvalue weighted by atomic mass is 79.9. The van der Waals surface area contributed by atoms with E-state index in [1.54, 1.807) is 7.11 Å². The van der Waals surface area contributed by atoms with Gasteiger partial charge in [0, 0.05) is 10.9 Å². The molecule has 0 spiro atoms. The zero-order valence-corrected chi connectivity index (χ0v) is 12.7. The van der Waals surface area contributed by atoms with Crippen LogP contribution in [0.15, 0.2) is 22.7 Å². The predicted molar refractivity (Wildman–Crippen MR) is 78.0 cm³/mol. The Morgan fingerprint density at radius 2 is 2.24 bits per heavy atom. The molecular formula is C13H19BrO2S. The second kappa shape index (κ2) is 8.01. The zero-order valence-electron chi connectivity index (χ0n) is 10.3. The molecule has 1 rings (SSSR count). The molecule has 1 atom stereocenters. The maximum atomic E-state index is 9.96. The van der Waals surface area contributed by atoms with Gasteiger partial charge < -0.3 is 9.84 Å². The molecule has 0 heterocycles. The second-order valence-electron chi connectivity index (χ2n) is 3.80. The van der Waals surface area contributed by atoms with Gasteiger partial charge in [0.05, 0.1) is 13.2 Å². The molecule has 96 valence electrons. The first-order valence-corrected chi connectivity index (χ1v) is 7.70. The van der Waals surface area contributed by atoms with E-state index in [0.29, 0.717) is 6.42 Å². The summed E-state index contributed by atoms with van der Waals surface area (Å²) in [6, 6.07) is 5.88. The SMILES string of the molecule is CCSCCC(O)Cc1cc(Br)ccc1OC. The maximum Gasteiger partial charge on any atom is 0.122 e. The van der Waals surface area contributed by atoms with Crippen LogP contribution in [-0.4, -0.2) is 29.8 Å². The summed E-state index contributed by atoms with van der Waals surface area (Å²) < 4.78 is 6.31. The molecule has 1 N–H and O–H groups in total. The van der Waals surface area contributed by atoms with Gasteiger partial charge in [-0.3, -0.25) is 0 Å². The standard InChI is InChI=1S/C13H19BrO2S/c1-3-17-7-6-12(15)9-10-8-11(14)4-5-13(10)16-2/h4-5,8,12,15H,3,6-7,9H2,1-2H3. The lowest BCUT2D eigenvalue weighted by atomic mass is 10.1. The second-order valence-corrected chi connectivity index (χ2v) is 6.11. The van der Waals surface area contributed by atoms with Gasteiger partial charge in [0.1, 0.15) is 5.75 Å². The van der Waals surface area contributed by atoms with Gasteiger partial charge in [-0.25, -0.2) is 0 Å². The van der Waals surface area contributed by atoms with Gasteiger partial charge in [-0.05, 0) is 41.7 Å². The molecule has 1 aromatic carbocycles. The summed E-state index contributed by atoms with van der Waals surface area (Å²) in [5.41, 5.74) is 1.05. The van der Waals surface area contributed by atoms with Crippen LogP contribution in [0.25, 0.3) is 0 Å². The molecule has 2 nitrogen and oxygen atoms in total. The molecule has 0 aliphatic rings. The van der Waals surface area contributed by atoms with Crippen molar-refractivity contribution in [2.24, 2.45) is 0 Å². The fraction of sp³-hybridized carbons (Fsp3) is 0.538. The maximum absolute atomic E-state index is 9.96. The molecule has 1 aromatic rings. The van der Waals surface area contributed by atoms with Crippen LogP contribution in [0, 0.1) is 0 Å². The van der Waals surface area contributed by atoms with E-state index < -0.39 is 0 Å². The zero-order chi connectivity index (χ0) is 12.7. The normalized spacial score (nSPS) is 12.5. The number of hydrogen-bond donors (Lipinski definition) is 1. The van der Waals surface area contributed by atoms with E-state index >= 15 is 0 Å². The Kier molecular flexibility index (Phi) is 7.00. The molecule has 4 heteroatoms. The van der Waals surface area contributed by atoms with E-state index in [0.717, 1.165) is 33.7 Å². The molecule has 0 fully saturated rings. The van der Waals surface area contributed by atoms with Crippen LogP contribution in [-0.2, 0) is 6.42 Å². The third-order valence-corrected chi connectivity index (χ3v) is 3.92. The van der Waals surface area contributed by atoms with Gasteiger partial charge in [0.2, 0.25) is 0 Å². The minimum atomic E-state index is -0.294. The van der Waals surface area contributed by atoms with Crippen LogP contribution in [0.4, 0.5) is 0 Å². The Balaban J connectivity index is 2.57. The fourth-order valence-electron chi connectivity index (χ4n) is 1.63. The van der Waals surface area contributed by atoms with Crippen LogP contribution >= 0.6 is 27.7 Å². The summed E-state index contributed by atoms with van der Waals surface area (Å²) in [5, 5.41) is 9.96. The average Bonchev–Trinajstić information content (AvgIpc) is 2.29. The smallest absolute Gasteiger partial charge is 0.122 e. The van der Waals surface area contributed by atoms with E-state index in [2.05, 4.69) is 22.9 Å². The molecule has 0 aromatic heterocycles. The largest absolute Gasteiger partial charge is 0.496 e. The van der Waals surface area contributed by atoms with Crippen LogP contribution in [0.3, 0.4) is 0 Å². The van der Waals surface area contributed by atoms with Crippen molar-refractivity contribution in [1.29, 1.82) is 0 Å². The van der Waals surface area contributed by atoms with Gasteiger partial charge >= 0.3 is 0 Å². The number of thioether (sulfide) groups is 1. The number of methoxy groups -OCH3 is 1. The Bertz CT molecular complexity index is 344. The minimum absolute atomic E-state index is 0.294. The predicted octanol–water partition coefficient (Wildman–Crippen LogP) is 3.50. The Labute approximate surface area is 116 Å². The monoisotopic (exact) mass is 318 g/mol. The first kappa shape index (κ1) is 14.9. The van der Waals surface area contributed by atoms with E-state index in [1.165, 1.54) is 0 Å². The van der Waals surface area contributed by atoms with Crippen LogP contribution in [0.2, 0.25) is 0 Å². The lowest BCUT2D eigenvalue weighted by Crippen LogP contribution is -2.12. The number of ether oxygens (including phenoxy) is 1. The quantitative estimate of drug-likeness (QED) is 0.780. The van der Waals surface area contributed by atoms with Crippen molar-refractivity contribution < 1.29 is 9.84 Å². The molecule has 0 saturated heterocycles. The van der Waals surface area contributed by atoms with Gasteiger partial charge in [-0.15, -0.1) is 0 Å². The average molecular weight is 319 g/mol. The number of aliphatic hydroxyl groups is 1. The van der Waals surface area contributed by atoms with Crippen LogP contribution in [0.1, 0.15) is 18.9 Å². The van der Waals surface area contributed by atoms with E-state index in [-0.39, 0.29) is 6.10 Å². The lowest BCUT2D eigenvalue weighted by Gasteiger charge is -2.13. The number of hydrogen-bond acceptors (Lipinski definition) is 3. The van der Waals surface area contributed by atoms with Crippen LogP contribution in [0.5, 0.6) is 5.75 Å². The summed E-state index contributed by atoms with van der Waals surface area (Å²) in [6.07, 6.45) is 1.18. The summed E-state index contributed by atoms with van der Waals surface area (Å²) in [7, 11) is 1.66. The van der Waals surface area contributed by atoms with E-state index in [1.807, 2.05) is 30.0 Å². The molecule has 17 heavy (non-hydrogen) atoms. The van der Waals surface area contributed by atoms with Gasteiger partial charge in [-0.1, -0.05) is 22.9 Å². The molecule has 0 aliphatic carbocycles. The van der Waals surface area contributed by atoms with Crippen molar-refractivity contribution in [2.75, 3.05) is 18.6 Å². The van der Waals surface area contributed by atoms with Crippen molar-refractivity contribution in [2.45, 2.75) is 25.9 Å². The first-order chi connectivity index (χ1) is 8.17. The topological polar surface area (TPSA) is 29.5 Å². The van der Waals surface area contributed by atoms with E-state index in [4.69, 9.17) is 4.74 Å². The number of rotatable bonds is 7. The third kappa shape index (κ3) is 5.32. The summed E-state index contributed by atoms with van der Waals surface area (Å²) in [5.74, 6) is 2.95. The van der Waals surface area contributed by atoms with Gasteiger partial charge in [0.15, 0.2) is 0 Å². The molecule has 1 unspecified atom stereocenters. The minimum Gasteiger partial charge on any atom is -0.496 e. The third-order valence-electron chi connectivity index (χ3n) is 2.50. The molecule has 0 amide bonds. The van der Waals surface area contributed by atoms with Crippen molar-refractivity contribution in [3.8, 4) is 5.75 Å². The lowest BCUT2D eigenvalue weighted by molar-refractivity contribution is 0.171.